The van der Waals surface area contributed by atoms with E-state index in [1.807, 2.05) is 12.2 Å². The van der Waals surface area contributed by atoms with Gasteiger partial charge in [-0.1, -0.05) is 152 Å². The third-order valence-corrected chi connectivity index (χ3v) is 11.3. The molecule has 0 amide bonds. The number of aliphatic hydroxyl groups excluding tert-OH is 5. The molecule has 0 aromatic carbocycles. The molecule has 61 heavy (non-hydrogen) atoms. The summed E-state index contributed by atoms with van der Waals surface area (Å²) in [6, 6.07) is 0. The first-order valence-electron chi connectivity index (χ1n) is 23.1. The number of carbonyl (C=O) groups excluding carboxylic acids is 2. The van der Waals surface area contributed by atoms with Gasteiger partial charge in [0.05, 0.1) is 6.61 Å². The first kappa shape index (κ1) is 56.6. The number of rotatable bonds is 37. The molecule has 1 aliphatic rings. The van der Waals surface area contributed by atoms with E-state index < -0.39 is 75.7 Å². The van der Waals surface area contributed by atoms with E-state index in [0.29, 0.717) is 12.8 Å². The van der Waals surface area contributed by atoms with Gasteiger partial charge in [0.1, 0.15) is 43.2 Å². The van der Waals surface area contributed by atoms with Crippen LogP contribution in [0, 0.1) is 0 Å². The monoisotopic (exact) mass is 885 g/mol. The van der Waals surface area contributed by atoms with Gasteiger partial charge in [-0.05, 0) is 64.2 Å². The van der Waals surface area contributed by atoms with Crippen LogP contribution in [0.2, 0.25) is 0 Å². The lowest BCUT2D eigenvalue weighted by atomic mass is 9.85. The molecular formula is C47H81O13P. The van der Waals surface area contributed by atoms with E-state index in [-0.39, 0.29) is 12.8 Å². The molecule has 0 aliphatic heterocycles. The van der Waals surface area contributed by atoms with Crippen LogP contribution in [-0.2, 0) is 32.7 Å². The zero-order chi connectivity index (χ0) is 45.0. The predicted molar refractivity (Wildman–Crippen MR) is 239 cm³/mol. The van der Waals surface area contributed by atoms with E-state index in [9.17, 15) is 44.6 Å². The Bertz CT molecular complexity index is 1300. The van der Waals surface area contributed by atoms with Crippen molar-refractivity contribution in [2.24, 2.45) is 0 Å². The Morgan fingerprint density at radius 1 is 0.508 bits per heavy atom. The molecule has 6 N–H and O–H groups in total. The van der Waals surface area contributed by atoms with Gasteiger partial charge in [-0.3, -0.25) is 18.6 Å². The molecule has 13 nitrogen and oxygen atoms in total. The van der Waals surface area contributed by atoms with Crippen molar-refractivity contribution in [1.82, 2.24) is 0 Å². The van der Waals surface area contributed by atoms with Crippen LogP contribution in [0.4, 0.5) is 0 Å². The van der Waals surface area contributed by atoms with Crippen LogP contribution in [-0.4, -0.2) is 98.3 Å². The number of aliphatic hydroxyl groups is 5. The maximum Gasteiger partial charge on any atom is 0.472 e. The summed E-state index contributed by atoms with van der Waals surface area (Å²) in [5.41, 5.74) is 0. The smallest absolute Gasteiger partial charge is 0.462 e. The summed E-state index contributed by atoms with van der Waals surface area (Å²) in [6.07, 6.45) is 31.4. The quantitative estimate of drug-likeness (QED) is 0.0149. The summed E-state index contributed by atoms with van der Waals surface area (Å²) in [4.78, 5) is 35.6. The van der Waals surface area contributed by atoms with Gasteiger partial charge in [0, 0.05) is 12.8 Å². The fraction of sp³-hybridized carbons (Fsp3) is 0.745. The summed E-state index contributed by atoms with van der Waals surface area (Å²) < 4.78 is 33.4. The van der Waals surface area contributed by atoms with Crippen molar-refractivity contribution in [2.75, 3.05) is 13.2 Å². The molecule has 0 heterocycles. The lowest BCUT2D eigenvalue weighted by Gasteiger charge is -2.41. The molecule has 1 saturated carbocycles. The lowest BCUT2D eigenvalue weighted by molar-refractivity contribution is -0.220. The Balaban J connectivity index is 2.51. The third kappa shape index (κ3) is 29.5. The number of hydrogen-bond acceptors (Lipinski definition) is 12. The molecule has 0 bridgehead atoms. The number of ether oxygens (including phenoxy) is 2. The van der Waals surface area contributed by atoms with Gasteiger partial charge < -0.3 is 39.9 Å². The molecule has 352 valence electrons. The first-order chi connectivity index (χ1) is 29.4. The largest absolute Gasteiger partial charge is 0.472 e. The number of unbranched alkanes of at least 4 members (excludes halogenated alkanes) is 15. The van der Waals surface area contributed by atoms with E-state index in [1.165, 1.54) is 64.2 Å². The van der Waals surface area contributed by atoms with Gasteiger partial charge in [0.15, 0.2) is 6.10 Å². The highest BCUT2D eigenvalue weighted by atomic mass is 31.2. The number of phosphoric acid groups is 1. The fourth-order valence-electron chi connectivity index (χ4n) is 6.59. The van der Waals surface area contributed by atoms with Crippen molar-refractivity contribution >= 4 is 19.8 Å². The van der Waals surface area contributed by atoms with Crippen molar-refractivity contribution in [3.8, 4) is 0 Å². The first-order valence-corrected chi connectivity index (χ1v) is 24.6. The molecular weight excluding hydrogens is 803 g/mol. The van der Waals surface area contributed by atoms with E-state index in [2.05, 4.69) is 62.5 Å². The highest BCUT2D eigenvalue weighted by Gasteiger charge is 2.51. The maximum atomic E-state index is 12.8. The van der Waals surface area contributed by atoms with E-state index in [4.69, 9.17) is 18.5 Å². The van der Waals surface area contributed by atoms with Crippen LogP contribution in [0.1, 0.15) is 168 Å². The second-order valence-electron chi connectivity index (χ2n) is 15.9. The van der Waals surface area contributed by atoms with Gasteiger partial charge in [-0.25, -0.2) is 4.57 Å². The summed E-state index contributed by atoms with van der Waals surface area (Å²) in [5, 5.41) is 50.1. The normalized spacial score (nSPS) is 22.6. The minimum atomic E-state index is -5.14. The van der Waals surface area contributed by atoms with Crippen LogP contribution >= 0.6 is 7.82 Å². The van der Waals surface area contributed by atoms with Gasteiger partial charge in [0.2, 0.25) is 0 Å². The van der Waals surface area contributed by atoms with Crippen molar-refractivity contribution in [1.29, 1.82) is 0 Å². The minimum absolute atomic E-state index is 0.00435. The van der Waals surface area contributed by atoms with Gasteiger partial charge in [-0.2, -0.15) is 0 Å². The Kier molecular flexibility index (Phi) is 34.3. The summed E-state index contributed by atoms with van der Waals surface area (Å²) in [7, 11) is -5.14. The number of allylic oxidation sites excluding steroid dienone is 10. The van der Waals surface area contributed by atoms with Crippen molar-refractivity contribution in [3.63, 3.8) is 0 Å². The number of hydrogen-bond donors (Lipinski definition) is 6. The third-order valence-electron chi connectivity index (χ3n) is 10.3. The molecule has 6 unspecified atom stereocenters. The van der Waals surface area contributed by atoms with Crippen LogP contribution in [0.5, 0.6) is 0 Å². The topological polar surface area (TPSA) is 210 Å². The molecule has 1 aliphatic carbocycles. The van der Waals surface area contributed by atoms with Gasteiger partial charge in [0.25, 0.3) is 0 Å². The summed E-state index contributed by atoms with van der Waals surface area (Å²) in [6.45, 7) is 3.17. The van der Waals surface area contributed by atoms with Crippen LogP contribution in [0.3, 0.4) is 0 Å². The predicted octanol–water partition coefficient (Wildman–Crippen LogP) is 8.94. The second-order valence-corrected chi connectivity index (χ2v) is 17.3. The van der Waals surface area contributed by atoms with E-state index >= 15 is 0 Å². The molecule has 0 radical (unpaired) electrons. The highest BCUT2D eigenvalue weighted by Crippen LogP contribution is 2.47. The number of phosphoric ester groups is 1. The molecule has 0 spiro atoms. The summed E-state index contributed by atoms with van der Waals surface area (Å²) in [5.74, 6) is -1.20. The fourth-order valence-corrected chi connectivity index (χ4v) is 7.56. The number of esters is 2. The van der Waals surface area contributed by atoms with Crippen molar-refractivity contribution in [2.45, 2.75) is 211 Å². The number of carbonyl (C=O) groups is 2. The Hall–Kier alpha value is -2.45. The van der Waals surface area contributed by atoms with Crippen LogP contribution < -0.4 is 0 Å². The van der Waals surface area contributed by atoms with E-state index in [1.54, 1.807) is 0 Å². The minimum Gasteiger partial charge on any atom is -0.462 e. The molecule has 0 aromatic rings. The SMILES string of the molecule is CCC/C=C/C/C=C/C/C=C/C/C=C/CCCCCC(=O)OC[C@@H](COP(=O)(O)OC1C(O)C(O)C(O)[C@H](O)C1O)OC(=O)CC/C=C/CCCCCCCCCCCCC. The Morgan fingerprint density at radius 3 is 1.49 bits per heavy atom. The standard InChI is InChI=1S/C47H81O13P/c1-3-5-7-9-11-13-15-17-19-20-22-23-25-27-29-31-33-35-40(48)57-37-39(38-58-61(55,56)60-47-45(53)43(51)42(50)44(52)46(47)54)59-41(49)36-34-32-30-28-26-24-21-18-16-14-12-10-8-6-4-2/h7,9,13,15,19-20,23,25,30,32,39,42-47,50-54H,3-6,8,10-12,14,16-18,21-22,24,26-29,31,33-38H2,1-2H3,(H,55,56)/b9-7+,15-13+,20-19+,25-23+,32-30+/t39-,42?,43-,44?,45?,46?,47?/m0/s1. The Morgan fingerprint density at radius 2 is 0.951 bits per heavy atom. The van der Waals surface area contributed by atoms with Gasteiger partial charge in [-0.15, -0.1) is 0 Å². The highest BCUT2D eigenvalue weighted by molar-refractivity contribution is 7.47. The average molecular weight is 885 g/mol. The van der Waals surface area contributed by atoms with E-state index in [0.717, 1.165) is 64.2 Å². The molecule has 0 aromatic heterocycles. The average Bonchev–Trinajstić information content (AvgIpc) is 3.24. The lowest BCUT2D eigenvalue weighted by Crippen LogP contribution is -2.64. The second kappa shape index (κ2) is 37.0. The summed E-state index contributed by atoms with van der Waals surface area (Å²) >= 11 is 0. The van der Waals surface area contributed by atoms with Crippen LogP contribution in [0.25, 0.3) is 0 Å². The van der Waals surface area contributed by atoms with Crippen molar-refractivity contribution < 1.29 is 63.1 Å². The zero-order valence-electron chi connectivity index (χ0n) is 37.2. The van der Waals surface area contributed by atoms with Crippen molar-refractivity contribution in [3.05, 3.63) is 60.8 Å². The van der Waals surface area contributed by atoms with Crippen LogP contribution in [0.15, 0.2) is 60.8 Å². The molecule has 0 saturated heterocycles. The molecule has 1 rings (SSSR count). The Labute approximate surface area is 366 Å². The molecule has 1 fully saturated rings. The molecule has 14 heteroatoms. The maximum absolute atomic E-state index is 12.8. The zero-order valence-corrected chi connectivity index (χ0v) is 38.1. The molecule has 8 atom stereocenters. The van der Waals surface area contributed by atoms with Gasteiger partial charge >= 0.3 is 19.8 Å².